The van der Waals surface area contributed by atoms with Crippen LogP contribution in [0.15, 0.2) is 16.8 Å². The third-order valence-electron chi connectivity index (χ3n) is 2.46. The van der Waals surface area contributed by atoms with Gasteiger partial charge in [0.15, 0.2) is 0 Å². The van der Waals surface area contributed by atoms with Crippen molar-refractivity contribution in [1.82, 2.24) is 10.6 Å². The van der Waals surface area contributed by atoms with Crippen LogP contribution in [-0.2, 0) is 9.53 Å². The minimum absolute atomic E-state index is 0.0307. The minimum Gasteiger partial charge on any atom is -0.385 e. The summed E-state index contributed by atoms with van der Waals surface area (Å²) in [6.07, 6.45) is 0.850. The minimum atomic E-state index is 0.0307. The predicted octanol–water partition coefficient (Wildman–Crippen LogP) is 1.55. The molecule has 0 aliphatic carbocycles. The van der Waals surface area contributed by atoms with Gasteiger partial charge in [0.1, 0.15) is 0 Å². The van der Waals surface area contributed by atoms with Gasteiger partial charge in [0.05, 0.1) is 6.54 Å². The first-order valence-electron chi connectivity index (χ1n) is 5.75. The Morgan fingerprint density at radius 3 is 3.06 bits per heavy atom. The molecule has 2 N–H and O–H groups in total. The van der Waals surface area contributed by atoms with Crippen LogP contribution in [0.25, 0.3) is 0 Å². The molecular weight excluding hydrogens is 236 g/mol. The maximum Gasteiger partial charge on any atom is 0.233 e. The van der Waals surface area contributed by atoms with Crippen molar-refractivity contribution in [1.29, 1.82) is 0 Å². The molecule has 0 bridgehead atoms. The second kappa shape index (κ2) is 8.22. The highest BCUT2D eigenvalue weighted by Crippen LogP contribution is 2.14. The first-order valence-corrected chi connectivity index (χ1v) is 6.69. The highest BCUT2D eigenvalue weighted by atomic mass is 32.1. The van der Waals surface area contributed by atoms with Gasteiger partial charge in [0.25, 0.3) is 0 Å². The van der Waals surface area contributed by atoms with E-state index in [0.29, 0.717) is 19.7 Å². The molecule has 4 nitrogen and oxygen atoms in total. The van der Waals surface area contributed by atoms with E-state index < -0.39 is 0 Å². The van der Waals surface area contributed by atoms with E-state index in [-0.39, 0.29) is 11.9 Å². The molecule has 0 aromatic carbocycles. The number of carbonyl (C=O) groups is 1. The average Bonchev–Trinajstić information content (AvgIpc) is 2.85. The molecular formula is C12H20N2O2S. The van der Waals surface area contributed by atoms with Crippen LogP contribution in [0.5, 0.6) is 0 Å². The molecule has 0 aliphatic heterocycles. The maximum atomic E-state index is 11.5. The fourth-order valence-corrected chi connectivity index (χ4v) is 2.15. The quantitative estimate of drug-likeness (QED) is 0.694. The molecule has 1 amide bonds. The molecule has 0 saturated heterocycles. The highest BCUT2D eigenvalue weighted by Gasteiger charge is 2.07. The number of methoxy groups -OCH3 is 1. The van der Waals surface area contributed by atoms with E-state index in [1.165, 1.54) is 5.56 Å². The molecule has 1 unspecified atom stereocenters. The number of amides is 1. The van der Waals surface area contributed by atoms with Crippen molar-refractivity contribution in [2.45, 2.75) is 19.4 Å². The van der Waals surface area contributed by atoms with Gasteiger partial charge in [-0.2, -0.15) is 11.3 Å². The lowest BCUT2D eigenvalue weighted by atomic mass is 10.2. The lowest BCUT2D eigenvalue weighted by Crippen LogP contribution is -2.35. The maximum absolute atomic E-state index is 11.5. The van der Waals surface area contributed by atoms with E-state index in [1.54, 1.807) is 18.4 Å². The summed E-state index contributed by atoms with van der Waals surface area (Å²) in [6.45, 7) is 3.75. The second-order valence-corrected chi connectivity index (χ2v) is 4.64. The van der Waals surface area contributed by atoms with Gasteiger partial charge in [0.2, 0.25) is 5.91 Å². The Morgan fingerprint density at radius 1 is 1.59 bits per heavy atom. The number of nitrogens with one attached hydrogen (secondary N) is 2. The average molecular weight is 256 g/mol. The third-order valence-corrected chi connectivity index (χ3v) is 3.16. The number of carbonyl (C=O) groups excluding carboxylic acids is 1. The summed E-state index contributed by atoms with van der Waals surface area (Å²) in [4.78, 5) is 11.5. The fraction of sp³-hybridized carbons (Fsp3) is 0.583. The molecule has 1 atom stereocenters. The lowest BCUT2D eigenvalue weighted by molar-refractivity contribution is -0.120. The smallest absolute Gasteiger partial charge is 0.233 e. The molecule has 1 aromatic rings. The number of hydrogen-bond acceptors (Lipinski definition) is 4. The molecule has 0 aliphatic rings. The Labute approximate surface area is 106 Å². The monoisotopic (exact) mass is 256 g/mol. The van der Waals surface area contributed by atoms with Crippen molar-refractivity contribution in [2.24, 2.45) is 0 Å². The van der Waals surface area contributed by atoms with Gasteiger partial charge in [0, 0.05) is 26.3 Å². The van der Waals surface area contributed by atoms with Crippen LogP contribution >= 0.6 is 11.3 Å². The van der Waals surface area contributed by atoms with Crippen LogP contribution in [0.3, 0.4) is 0 Å². The molecule has 96 valence electrons. The number of hydrogen-bond donors (Lipinski definition) is 2. The van der Waals surface area contributed by atoms with E-state index >= 15 is 0 Å². The van der Waals surface area contributed by atoms with E-state index in [4.69, 9.17) is 4.74 Å². The van der Waals surface area contributed by atoms with Crippen molar-refractivity contribution < 1.29 is 9.53 Å². The summed E-state index contributed by atoms with van der Waals surface area (Å²) in [5.74, 6) is 0.0307. The van der Waals surface area contributed by atoms with Gasteiger partial charge in [-0.15, -0.1) is 0 Å². The molecule has 0 fully saturated rings. The zero-order chi connectivity index (χ0) is 12.5. The molecule has 0 spiro atoms. The van der Waals surface area contributed by atoms with Gasteiger partial charge in [-0.3, -0.25) is 4.79 Å². The summed E-state index contributed by atoms with van der Waals surface area (Å²) >= 11 is 1.67. The Hall–Kier alpha value is -0.910. The van der Waals surface area contributed by atoms with Crippen molar-refractivity contribution in [3.63, 3.8) is 0 Å². The van der Waals surface area contributed by atoms with Crippen LogP contribution in [0.4, 0.5) is 0 Å². The SMILES string of the molecule is COCCCNC(=O)CNC(C)c1ccsc1. The van der Waals surface area contributed by atoms with Gasteiger partial charge in [-0.05, 0) is 35.7 Å². The van der Waals surface area contributed by atoms with Crippen LogP contribution in [0.1, 0.15) is 24.9 Å². The van der Waals surface area contributed by atoms with Crippen LogP contribution in [0, 0.1) is 0 Å². The zero-order valence-corrected chi connectivity index (χ0v) is 11.2. The molecule has 17 heavy (non-hydrogen) atoms. The molecule has 0 radical (unpaired) electrons. The molecule has 5 heteroatoms. The van der Waals surface area contributed by atoms with E-state index in [1.807, 2.05) is 5.38 Å². The van der Waals surface area contributed by atoms with E-state index in [0.717, 1.165) is 6.42 Å². The van der Waals surface area contributed by atoms with E-state index in [9.17, 15) is 4.79 Å². The van der Waals surface area contributed by atoms with Gasteiger partial charge in [-0.1, -0.05) is 0 Å². The molecule has 1 rings (SSSR count). The fourth-order valence-electron chi connectivity index (χ4n) is 1.39. The number of rotatable bonds is 8. The summed E-state index contributed by atoms with van der Waals surface area (Å²) in [5, 5.41) is 10.2. The topological polar surface area (TPSA) is 50.4 Å². The molecule has 1 aromatic heterocycles. The van der Waals surface area contributed by atoms with Crippen molar-refractivity contribution >= 4 is 17.2 Å². The lowest BCUT2D eigenvalue weighted by Gasteiger charge is -2.12. The first kappa shape index (κ1) is 14.2. The normalized spacial score (nSPS) is 12.4. The third kappa shape index (κ3) is 5.81. The summed E-state index contributed by atoms with van der Waals surface area (Å²) in [5.41, 5.74) is 1.22. The zero-order valence-electron chi connectivity index (χ0n) is 10.4. The Kier molecular flexibility index (Phi) is 6.84. The van der Waals surface area contributed by atoms with Gasteiger partial charge in [-0.25, -0.2) is 0 Å². The standard InChI is InChI=1S/C12H20N2O2S/c1-10(11-4-7-17-9-11)14-8-12(15)13-5-3-6-16-2/h4,7,9-10,14H,3,5-6,8H2,1-2H3,(H,13,15). The highest BCUT2D eigenvalue weighted by molar-refractivity contribution is 7.07. The Balaban J connectivity index is 2.11. The number of ether oxygens (including phenoxy) is 1. The Morgan fingerprint density at radius 2 is 2.41 bits per heavy atom. The molecule has 1 heterocycles. The largest absolute Gasteiger partial charge is 0.385 e. The van der Waals surface area contributed by atoms with Gasteiger partial charge < -0.3 is 15.4 Å². The van der Waals surface area contributed by atoms with Crippen LogP contribution in [0.2, 0.25) is 0 Å². The van der Waals surface area contributed by atoms with Crippen LogP contribution in [-0.4, -0.2) is 32.7 Å². The summed E-state index contributed by atoms with van der Waals surface area (Å²) in [6, 6.07) is 2.28. The van der Waals surface area contributed by atoms with Crippen molar-refractivity contribution in [2.75, 3.05) is 26.8 Å². The van der Waals surface area contributed by atoms with Crippen molar-refractivity contribution in [3.05, 3.63) is 22.4 Å². The van der Waals surface area contributed by atoms with Gasteiger partial charge >= 0.3 is 0 Å². The second-order valence-electron chi connectivity index (χ2n) is 3.86. The number of thiophene rings is 1. The molecule has 0 saturated carbocycles. The van der Waals surface area contributed by atoms with Crippen LogP contribution < -0.4 is 10.6 Å². The Bertz CT molecular complexity index is 314. The van der Waals surface area contributed by atoms with Crippen molar-refractivity contribution in [3.8, 4) is 0 Å². The first-order chi connectivity index (χ1) is 8.24. The van der Waals surface area contributed by atoms with E-state index in [2.05, 4.69) is 29.0 Å². The summed E-state index contributed by atoms with van der Waals surface area (Å²) < 4.78 is 4.91. The predicted molar refractivity (Wildman–Crippen MR) is 70.2 cm³/mol. The summed E-state index contributed by atoms with van der Waals surface area (Å²) in [7, 11) is 1.66.